The van der Waals surface area contributed by atoms with E-state index < -0.39 is 0 Å². The van der Waals surface area contributed by atoms with E-state index in [-0.39, 0.29) is 11.1 Å². The highest BCUT2D eigenvalue weighted by Gasteiger charge is 2.37. The lowest BCUT2D eigenvalue weighted by Crippen LogP contribution is -2.27. The van der Waals surface area contributed by atoms with Gasteiger partial charge in [0.25, 0.3) is 11.1 Å². The number of benzene rings is 1. The molecule has 0 unspecified atom stereocenters. The lowest BCUT2D eigenvalue weighted by atomic mass is 10.3. The number of halogens is 1. The Labute approximate surface area is 124 Å². The molecule has 20 heavy (non-hydrogen) atoms. The molecule has 1 aliphatic heterocycles. The smallest absolute Gasteiger partial charge is 0.298 e. The van der Waals surface area contributed by atoms with E-state index in [2.05, 4.69) is 4.98 Å². The Morgan fingerprint density at radius 2 is 1.95 bits per heavy atom. The monoisotopic (exact) mass is 304 g/mol. The maximum atomic E-state index is 12.3. The van der Waals surface area contributed by atoms with E-state index in [9.17, 15) is 9.59 Å². The number of aromatic amines is 1. The van der Waals surface area contributed by atoms with Crippen LogP contribution < -0.4 is 4.90 Å². The minimum Gasteiger partial charge on any atom is -0.362 e. The maximum absolute atomic E-state index is 12.3. The van der Waals surface area contributed by atoms with Crippen LogP contribution in [0.5, 0.6) is 0 Å². The average Bonchev–Trinajstić information content (AvgIpc) is 3.01. The van der Waals surface area contributed by atoms with Crippen molar-refractivity contribution < 1.29 is 9.59 Å². The molecule has 2 aromatic rings. The Morgan fingerprint density at radius 3 is 2.65 bits per heavy atom. The van der Waals surface area contributed by atoms with Gasteiger partial charge >= 0.3 is 0 Å². The second-order valence-corrected chi connectivity index (χ2v) is 5.49. The molecule has 0 spiro atoms. The minimum atomic E-state index is -0.359. The number of anilines is 1. The molecule has 3 rings (SSSR count). The van der Waals surface area contributed by atoms with E-state index in [0.717, 1.165) is 22.4 Å². The number of carbonyl (C=O) groups excluding carboxylic acids is 2. The number of hydrogen-bond acceptors (Lipinski definition) is 3. The first-order valence-electron chi connectivity index (χ1n) is 5.83. The summed E-state index contributed by atoms with van der Waals surface area (Å²) in [6.45, 7) is 0. The third-order valence-corrected chi connectivity index (χ3v) is 3.98. The van der Waals surface area contributed by atoms with Gasteiger partial charge in [-0.3, -0.25) is 9.59 Å². The highest BCUT2D eigenvalue weighted by Crippen LogP contribution is 2.38. The molecule has 0 saturated carbocycles. The Kier molecular flexibility index (Phi) is 3.38. The number of nitrogens with one attached hydrogen (secondary N) is 1. The highest BCUT2D eigenvalue weighted by molar-refractivity contribution is 8.19. The van der Waals surface area contributed by atoms with Gasteiger partial charge in [-0.05, 0) is 42.1 Å². The van der Waals surface area contributed by atoms with Gasteiger partial charge in [-0.1, -0.05) is 23.7 Å². The summed E-state index contributed by atoms with van der Waals surface area (Å²) in [5, 5.41) is 0.0248. The van der Waals surface area contributed by atoms with Gasteiger partial charge in [0.15, 0.2) is 0 Å². The molecule has 0 bridgehead atoms. The summed E-state index contributed by atoms with van der Waals surface area (Å²) in [5.41, 5.74) is 1.18. The van der Waals surface area contributed by atoms with Gasteiger partial charge in [0, 0.05) is 11.9 Å². The Balaban J connectivity index is 1.98. The number of H-pyrrole nitrogens is 1. The fourth-order valence-electron chi connectivity index (χ4n) is 1.88. The van der Waals surface area contributed by atoms with Crippen LogP contribution in [0.4, 0.5) is 10.5 Å². The molecule has 1 aromatic carbocycles. The molecule has 1 aliphatic rings. The van der Waals surface area contributed by atoms with Crippen LogP contribution in [0.2, 0.25) is 5.02 Å². The first-order chi connectivity index (χ1) is 9.66. The molecule has 1 N–H and O–H groups in total. The zero-order valence-corrected chi connectivity index (χ0v) is 11.7. The van der Waals surface area contributed by atoms with Crippen molar-refractivity contribution in [2.45, 2.75) is 0 Å². The first-order valence-corrected chi connectivity index (χ1v) is 7.02. The van der Waals surface area contributed by atoms with Crippen molar-refractivity contribution in [2.75, 3.05) is 4.90 Å². The third kappa shape index (κ3) is 2.26. The van der Waals surface area contributed by atoms with Gasteiger partial charge in [0.1, 0.15) is 0 Å². The summed E-state index contributed by atoms with van der Waals surface area (Å²) in [7, 11) is 0. The summed E-state index contributed by atoms with van der Waals surface area (Å²) in [5.74, 6) is -0.359. The van der Waals surface area contributed by atoms with Crippen molar-refractivity contribution in [3.63, 3.8) is 0 Å². The van der Waals surface area contributed by atoms with Crippen molar-refractivity contribution >= 4 is 46.3 Å². The van der Waals surface area contributed by atoms with Crippen LogP contribution in [0.1, 0.15) is 5.69 Å². The van der Waals surface area contributed by atoms with Crippen molar-refractivity contribution in [1.29, 1.82) is 0 Å². The van der Waals surface area contributed by atoms with E-state index in [4.69, 9.17) is 11.6 Å². The Bertz CT molecular complexity index is 710. The molecule has 0 aliphatic carbocycles. The summed E-state index contributed by atoms with van der Waals surface area (Å²) in [6.07, 6.45) is 3.41. The normalized spacial score (nSPS) is 17.2. The van der Waals surface area contributed by atoms with Gasteiger partial charge in [0.2, 0.25) is 0 Å². The number of para-hydroxylation sites is 1. The van der Waals surface area contributed by atoms with E-state index in [1.807, 2.05) is 12.1 Å². The van der Waals surface area contributed by atoms with E-state index in [0.29, 0.717) is 15.6 Å². The van der Waals surface area contributed by atoms with Crippen molar-refractivity contribution in [1.82, 2.24) is 4.98 Å². The van der Waals surface area contributed by atoms with Crippen molar-refractivity contribution in [2.24, 2.45) is 0 Å². The Morgan fingerprint density at radius 1 is 1.15 bits per heavy atom. The van der Waals surface area contributed by atoms with Gasteiger partial charge in [-0.25, -0.2) is 4.90 Å². The van der Waals surface area contributed by atoms with Gasteiger partial charge in [-0.2, -0.15) is 0 Å². The van der Waals surface area contributed by atoms with Gasteiger partial charge in [0.05, 0.1) is 15.6 Å². The molecule has 2 heterocycles. The number of imide groups is 1. The van der Waals surface area contributed by atoms with Crippen molar-refractivity contribution in [3.05, 3.63) is 58.2 Å². The summed E-state index contributed by atoms with van der Waals surface area (Å²) in [4.78, 5) is 28.8. The number of carbonyl (C=O) groups is 2. The fourth-order valence-corrected chi connectivity index (χ4v) is 2.93. The third-order valence-electron chi connectivity index (χ3n) is 2.80. The van der Waals surface area contributed by atoms with Crippen molar-refractivity contribution in [3.8, 4) is 0 Å². The summed E-state index contributed by atoms with van der Waals surface area (Å²) in [6, 6.07) is 10.4. The van der Waals surface area contributed by atoms with E-state index in [1.54, 1.807) is 36.5 Å². The molecule has 0 atom stereocenters. The van der Waals surface area contributed by atoms with Crippen LogP contribution in [0.3, 0.4) is 0 Å². The van der Waals surface area contributed by atoms with Gasteiger partial charge < -0.3 is 4.98 Å². The van der Waals surface area contributed by atoms with Crippen LogP contribution in [0, 0.1) is 0 Å². The highest BCUT2D eigenvalue weighted by atomic mass is 35.5. The zero-order chi connectivity index (χ0) is 14.1. The van der Waals surface area contributed by atoms with E-state index >= 15 is 0 Å². The first kappa shape index (κ1) is 13.0. The van der Waals surface area contributed by atoms with Crippen LogP contribution in [-0.2, 0) is 4.79 Å². The second-order valence-electron chi connectivity index (χ2n) is 4.09. The molecule has 0 radical (unpaired) electrons. The predicted molar refractivity (Wildman–Crippen MR) is 80.7 cm³/mol. The lowest BCUT2D eigenvalue weighted by Gasteiger charge is -2.13. The molecule has 1 aromatic heterocycles. The number of amides is 2. The topological polar surface area (TPSA) is 53.2 Å². The molecule has 6 heteroatoms. The second kappa shape index (κ2) is 5.19. The number of hydrogen-bond donors (Lipinski definition) is 1. The largest absolute Gasteiger partial charge is 0.362 e. The average molecular weight is 305 g/mol. The van der Waals surface area contributed by atoms with Gasteiger partial charge in [-0.15, -0.1) is 0 Å². The maximum Gasteiger partial charge on any atom is 0.298 e. The van der Waals surface area contributed by atoms with Crippen LogP contribution in [-0.4, -0.2) is 16.1 Å². The molecule has 1 saturated heterocycles. The molecule has 4 nitrogen and oxygen atoms in total. The molecule has 2 amide bonds. The number of thioether (sulfide) groups is 1. The molecular formula is C14H9ClN2O2S. The molecule has 1 fully saturated rings. The lowest BCUT2D eigenvalue weighted by molar-refractivity contribution is -0.113. The van der Waals surface area contributed by atoms with Crippen LogP contribution in [0.15, 0.2) is 47.5 Å². The van der Waals surface area contributed by atoms with Crippen LogP contribution in [0.25, 0.3) is 6.08 Å². The summed E-state index contributed by atoms with van der Waals surface area (Å²) >= 11 is 6.95. The molecular weight excluding hydrogens is 296 g/mol. The standard InChI is InChI=1S/C14H9ClN2O2S/c15-10-5-1-2-6-11(10)17-13(18)12(20-14(17)19)8-9-4-3-7-16-9/h1-8,16H/b12-8-. The molecule has 100 valence electrons. The SMILES string of the molecule is O=C1S/C(=C\c2ccc[nH]2)C(=O)N1c1ccccc1Cl. The number of rotatable bonds is 2. The minimum absolute atomic E-state index is 0.346. The number of nitrogens with zero attached hydrogens (tertiary/aromatic N) is 1. The number of aromatic nitrogens is 1. The predicted octanol–water partition coefficient (Wildman–Crippen LogP) is 3.91. The zero-order valence-electron chi connectivity index (χ0n) is 10.2. The quantitative estimate of drug-likeness (QED) is 0.856. The Hall–Kier alpha value is -1.98. The summed E-state index contributed by atoms with van der Waals surface area (Å²) < 4.78 is 0. The van der Waals surface area contributed by atoms with Crippen LogP contribution >= 0.6 is 23.4 Å². The fraction of sp³-hybridized carbons (Fsp3) is 0. The van der Waals surface area contributed by atoms with E-state index in [1.165, 1.54) is 0 Å².